The van der Waals surface area contributed by atoms with Gasteiger partial charge in [0.15, 0.2) is 5.96 Å². The quantitative estimate of drug-likeness (QED) is 0.430. The second-order valence-electron chi connectivity index (χ2n) is 6.90. The molecule has 0 spiro atoms. The molecule has 2 heterocycles. The van der Waals surface area contributed by atoms with E-state index in [-0.39, 0.29) is 6.04 Å². The summed E-state index contributed by atoms with van der Waals surface area (Å²) in [7, 11) is 3.81. The van der Waals surface area contributed by atoms with E-state index in [1.807, 2.05) is 38.1 Å². The summed E-state index contributed by atoms with van der Waals surface area (Å²) in [5.41, 5.74) is 3.66. The number of aliphatic imine (C=N–C) groups is 1. The van der Waals surface area contributed by atoms with Crippen molar-refractivity contribution in [3.8, 4) is 0 Å². The predicted octanol–water partition coefficient (Wildman–Crippen LogP) is 2.12. The van der Waals surface area contributed by atoms with Gasteiger partial charge in [-0.1, -0.05) is 0 Å². The van der Waals surface area contributed by atoms with Crippen molar-refractivity contribution < 1.29 is 0 Å². The van der Waals surface area contributed by atoms with E-state index in [1.165, 1.54) is 11.3 Å². The van der Waals surface area contributed by atoms with Crippen LogP contribution in [0.3, 0.4) is 0 Å². The van der Waals surface area contributed by atoms with Crippen LogP contribution in [-0.2, 0) is 20.0 Å². The molecule has 26 heavy (non-hydrogen) atoms. The van der Waals surface area contributed by atoms with Crippen molar-refractivity contribution in [1.29, 1.82) is 0 Å². The summed E-state index contributed by atoms with van der Waals surface area (Å²) >= 11 is 0. The molecule has 0 aliphatic rings. The molecule has 0 saturated heterocycles. The molecule has 2 aromatic rings. The molecule has 0 radical (unpaired) electrons. The third kappa shape index (κ3) is 5.34. The Morgan fingerprint density at radius 2 is 2.04 bits per heavy atom. The number of rotatable bonds is 8. The van der Waals surface area contributed by atoms with Crippen molar-refractivity contribution in [2.24, 2.45) is 12.0 Å². The summed E-state index contributed by atoms with van der Waals surface area (Å²) < 4.78 is 4.14. The molecule has 7 nitrogen and oxygen atoms in total. The monoisotopic (exact) mass is 359 g/mol. The Kier molecular flexibility index (Phi) is 7.24. The lowest BCUT2D eigenvalue weighted by molar-refractivity contribution is 0.581. The van der Waals surface area contributed by atoms with Gasteiger partial charge in [-0.3, -0.25) is 9.67 Å². The lowest BCUT2D eigenvalue weighted by Gasteiger charge is -2.18. The minimum atomic E-state index is 0.288. The molecule has 2 rings (SSSR count). The second-order valence-corrected chi connectivity index (χ2v) is 6.90. The summed E-state index contributed by atoms with van der Waals surface area (Å²) in [6.45, 7) is 10.3. The standard InChI is InChI=1S/C19H33N7/c1-14(13-18-15(2)24-25(6)16(18)3)23-19(20-5)22-9-7-8-11-26-12-10-21-17(26)4/h10,12,14H,7-9,11,13H2,1-6H3,(H2,20,22,23). The highest BCUT2D eigenvalue weighted by Gasteiger charge is 2.13. The van der Waals surface area contributed by atoms with Gasteiger partial charge in [0.2, 0.25) is 0 Å². The lowest BCUT2D eigenvalue weighted by atomic mass is 10.1. The zero-order valence-corrected chi connectivity index (χ0v) is 17.0. The molecule has 1 unspecified atom stereocenters. The van der Waals surface area contributed by atoms with Crippen LogP contribution >= 0.6 is 0 Å². The predicted molar refractivity (Wildman–Crippen MR) is 107 cm³/mol. The third-order valence-electron chi connectivity index (χ3n) is 4.82. The molecular weight excluding hydrogens is 326 g/mol. The van der Waals surface area contributed by atoms with Crippen LogP contribution in [-0.4, -0.2) is 44.9 Å². The fraction of sp³-hybridized carbons (Fsp3) is 0.632. The Morgan fingerprint density at radius 3 is 2.62 bits per heavy atom. The molecular formula is C19H33N7. The minimum Gasteiger partial charge on any atom is -0.356 e. The van der Waals surface area contributed by atoms with Crippen LogP contribution in [0.5, 0.6) is 0 Å². The molecule has 144 valence electrons. The maximum absolute atomic E-state index is 4.50. The minimum absolute atomic E-state index is 0.288. The van der Waals surface area contributed by atoms with Crippen LogP contribution in [0.1, 0.15) is 42.5 Å². The molecule has 0 bridgehead atoms. The lowest BCUT2D eigenvalue weighted by Crippen LogP contribution is -2.43. The molecule has 0 aromatic carbocycles. The number of aryl methyl sites for hydroxylation is 4. The molecule has 0 aliphatic carbocycles. The Labute approximate surface area is 156 Å². The Bertz CT molecular complexity index is 726. The largest absolute Gasteiger partial charge is 0.356 e. The fourth-order valence-electron chi connectivity index (χ4n) is 3.15. The van der Waals surface area contributed by atoms with E-state index in [2.05, 4.69) is 51.0 Å². The van der Waals surface area contributed by atoms with Gasteiger partial charge in [-0.2, -0.15) is 5.10 Å². The maximum atomic E-state index is 4.50. The highest BCUT2D eigenvalue weighted by atomic mass is 15.3. The van der Waals surface area contributed by atoms with Gasteiger partial charge in [0.25, 0.3) is 0 Å². The van der Waals surface area contributed by atoms with Crippen molar-refractivity contribution in [2.75, 3.05) is 13.6 Å². The van der Waals surface area contributed by atoms with Crippen molar-refractivity contribution in [1.82, 2.24) is 30.0 Å². The van der Waals surface area contributed by atoms with Crippen LogP contribution in [0.2, 0.25) is 0 Å². The zero-order chi connectivity index (χ0) is 19.1. The summed E-state index contributed by atoms with van der Waals surface area (Å²) in [4.78, 5) is 8.59. The Morgan fingerprint density at radius 1 is 1.27 bits per heavy atom. The van der Waals surface area contributed by atoms with E-state index in [0.29, 0.717) is 0 Å². The van der Waals surface area contributed by atoms with E-state index in [4.69, 9.17) is 0 Å². The smallest absolute Gasteiger partial charge is 0.191 e. The Balaban J connectivity index is 1.72. The number of hydrogen-bond acceptors (Lipinski definition) is 3. The highest BCUT2D eigenvalue weighted by Crippen LogP contribution is 2.14. The number of guanidine groups is 1. The first-order valence-corrected chi connectivity index (χ1v) is 9.36. The first-order valence-electron chi connectivity index (χ1n) is 9.36. The molecule has 0 fully saturated rings. The molecule has 7 heteroatoms. The fourth-order valence-corrected chi connectivity index (χ4v) is 3.15. The zero-order valence-electron chi connectivity index (χ0n) is 17.0. The molecule has 2 aromatic heterocycles. The number of imidazole rings is 1. The molecule has 1 atom stereocenters. The van der Waals surface area contributed by atoms with Crippen molar-refractivity contribution >= 4 is 5.96 Å². The first-order chi connectivity index (χ1) is 12.4. The second kappa shape index (κ2) is 9.40. The number of hydrogen-bond donors (Lipinski definition) is 2. The first kappa shape index (κ1) is 20.0. The number of aromatic nitrogens is 4. The number of nitrogens with one attached hydrogen (secondary N) is 2. The molecule has 0 saturated carbocycles. The molecule has 2 N–H and O–H groups in total. The van der Waals surface area contributed by atoms with Gasteiger partial charge in [0, 0.05) is 51.3 Å². The van der Waals surface area contributed by atoms with Crippen molar-refractivity contribution in [3.05, 3.63) is 35.2 Å². The van der Waals surface area contributed by atoms with Crippen LogP contribution in [0, 0.1) is 20.8 Å². The average molecular weight is 360 g/mol. The topological polar surface area (TPSA) is 72.1 Å². The van der Waals surface area contributed by atoms with E-state index in [9.17, 15) is 0 Å². The SMILES string of the molecule is CN=C(NCCCCn1ccnc1C)NC(C)Cc1c(C)nn(C)c1C. The molecule has 0 amide bonds. The van der Waals surface area contributed by atoms with Gasteiger partial charge in [-0.15, -0.1) is 0 Å². The van der Waals surface area contributed by atoms with E-state index in [1.54, 1.807) is 0 Å². The summed E-state index contributed by atoms with van der Waals surface area (Å²) in [5, 5.41) is 11.4. The summed E-state index contributed by atoms with van der Waals surface area (Å²) in [5.74, 6) is 1.93. The Hall–Kier alpha value is -2.31. The highest BCUT2D eigenvalue weighted by molar-refractivity contribution is 5.79. The van der Waals surface area contributed by atoms with E-state index in [0.717, 1.165) is 49.8 Å². The maximum Gasteiger partial charge on any atom is 0.191 e. The van der Waals surface area contributed by atoms with Crippen LogP contribution in [0.15, 0.2) is 17.4 Å². The van der Waals surface area contributed by atoms with E-state index < -0.39 is 0 Å². The summed E-state index contributed by atoms with van der Waals surface area (Å²) in [6.07, 6.45) is 7.03. The van der Waals surface area contributed by atoms with Gasteiger partial charge in [0.1, 0.15) is 5.82 Å². The van der Waals surface area contributed by atoms with Crippen LogP contribution in [0.25, 0.3) is 0 Å². The molecule has 0 aliphatic heterocycles. The van der Waals surface area contributed by atoms with Crippen molar-refractivity contribution in [3.63, 3.8) is 0 Å². The van der Waals surface area contributed by atoms with Crippen molar-refractivity contribution in [2.45, 2.75) is 59.5 Å². The number of nitrogens with zero attached hydrogens (tertiary/aromatic N) is 5. The van der Waals surface area contributed by atoms with E-state index >= 15 is 0 Å². The normalized spacial score (nSPS) is 13.1. The van der Waals surface area contributed by atoms with Gasteiger partial charge in [0.05, 0.1) is 5.69 Å². The van der Waals surface area contributed by atoms with Crippen LogP contribution < -0.4 is 10.6 Å². The number of unbranched alkanes of at least 4 members (excludes halogenated alkanes) is 1. The van der Waals surface area contributed by atoms with Gasteiger partial charge >= 0.3 is 0 Å². The third-order valence-corrected chi connectivity index (χ3v) is 4.82. The summed E-state index contributed by atoms with van der Waals surface area (Å²) in [6, 6.07) is 0.288. The van der Waals surface area contributed by atoms with Crippen LogP contribution in [0.4, 0.5) is 0 Å². The van der Waals surface area contributed by atoms with Gasteiger partial charge in [-0.25, -0.2) is 4.98 Å². The van der Waals surface area contributed by atoms with Gasteiger partial charge in [-0.05, 0) is 52.5 Å². The average Bonchev–Trinajstić information content (AvgIpc) is 3.11. The van der Waals surface area contributed by atoms with Gasteiger partial charge < -0.3 is 15.2 Å².